The van der Waals surface area contributed by atoms with Crippen LogP contribution in [0.15, 0.2) is 18.2 Å². The van der Waals surface area contributed by atoms with Crippen LogP contribution < -0.4 is 21.3 Å². The Kier molecular flexibility index (Phi) is 3.17. The van der Waals surface area contributed by atoms with Gasteiger partial charge in [0.25, 0.3) is 0 Å². The lowest BCUT2D eigenvalue weighted by Gasteiger charge is -2.10. The van der Waals surface area contributed by atoms with Gasteiger partial charge < -0.3 is 10.5 Å². The van der Waals surface area contributed by atoms with Crippen LogP contribution in [0.25, 0.3) is 0 Å². The molecule has 0 spiro atoms. The molecule has 1 amide bonds. The molecule has 0 atom stereocenters. The van der Waals surface area contributed by atoms with Crippen molar-refractivity contribution in [1.29, 1.82) is 0 Å². The topological polar surface area (TPSA) is 76.4 Å². The smallest absolute Gasteiger partial charge is 0.235 e. The van der Waals surface area contributed by atoms with Gasteiger partial charge in [0, 0.05) is 13.0 Å². The molecule has 1 rings (SSSR count). The number of amides is 1. The van der Waals surface area contributed by atoms with Crippen LogP contribution in [0.3, 0.4) is 0 Å². The van der Waals surface area contributed by atoms with Crippen molar-refractivity contribution >= 4 is 17.3 Å². The van der Waals surface area contributed by atoms with E-state index in [4.69, 9.17) is 10.5 Å². The second-order valence-electron chi connectivity index (χ2n) is 2.76. The molecule has 0 heterocycles. The molecule has 1 aromatic carbocycles. The number of hydrogen-bond donors (Lipinski definition) is 3. The van der Waals surface area contributed by atoms with Crippen molar-refractivity contribution in [1.82, 2.24) is 5.43 Å². The summed E-state index contributed by atoms with van der Waals surface area (Å²) in [5.74, 6) is 0.496. The van der Waals surface area contributed by atoms with Crippen LogP contribution in [-0.2, 0) is 4.79 Å². The van der Waals surface area contributed by atoms with Crippen LogP contribution in [-0.4, -0.2) is 13.0 Å². The maximum absolute atomic E-state index is 10.6. The first kappa shape index (κ1) is 10.2. The predicted octanol–water partition coefficient (Wildman–Crippen LogP) is 0.740. The lowest BCUT2D eigenvalue weighted by molar-refractivity contribution is -0.118. The summed E-state index contributed by atoms with van der Waals surface area (Å²) >= 11 is 0. The van der Waals surface area contributed by atoms with E-state index >= 15 is 0 Å². The van der Waals surface area contributed by atoms with E-state index in [1.54, 1.807) is 25.3 Å². The third-order valence-electron chi connectivity index (χ3n) is 1.63. The summed E-state index contributed by atoms with van der Waals surface area (Å²) in [4.78, 5) is 10.6. The minimum Gasteiger partial charge on any atom is -0.497 e. The number of nitrogens with two attached hydrogens (primary N) is 1. The zero-order valence-electron chi connectivity index (χ0n) is 8.13. The molecule has 0 fully saturated rings. The van der Waals surface area contributed by atoms with Gasteiger partial charge >= 0.3 is 0 Å². The van der Waals surface area contributed by atoms with Crippen LogP contribution in [0, 0.1) is 0 Å². The first-order valence-electron chi connectivity index (χ1n) is 4.09. The summed E-state index contributed by atoms with van der Waals surface area (Å²) in [6.45, 7) is 1.41. The molecule has 0 bridgehead atoms. The van der Waals surface area contributed by atoms with Gasteiger partial charge in [-0.3, -0.25) is 15.6 Å². The second kappa shape index (κ2) is 4.36. The highest BCUT2D eigenvalue weighted by Gasteiger charge is 2.00. The van der Waals surface area contributed by atoms with Crippen LogP contribution in [0.5, 0.6) is 5.75 Å². The predicted molar refractivity (Wildman–Crippen MR) is 54.8 cm³/mol. The van der Waals surface area contributed by atoms with Crippen molar-refractivity contribution in [2.45, 2.75) is 6.92 Å². The van der Waals surface area contributed by atoms with E-state index in [0.717, 1.165) is 0 Å². The van der Waals surface area contributed by atoms with Crippen molar-refractivity contribution in [2.24, 2.45) is 0 Å². The highest BCUT2D eigenvalue weighted by Crippen LogP contribution is 2.23. The van der Waals surface area contributed by atoms with Gasteiger partial charge in [-0.1, -0.05) is 0 Å². The lowest BCUT2D eigenvalue weighted by Crippen LogP contribution is -2.26. The van der Waals surface area contributed by atoms with E-state index in [1.807, 2.05) is 0 Å². The van der Waals surface area contributed by atoms with Gasteiger partial charge in [0.1, 0.15) is 5.75 Å². The number of carbonyl (C=O) groups is 1. The summed E-state index contributed by atoms with van der Waals surface area (Å²) in [6.07, 6.45) is 0. The number of carbonyl (C=O) groups excluding carboxylic acids is 1. The Morgan fingerprint density at radius 2 is 2.21 bits per heavy atom. The molecule has 0 unspecified atom stereocenters. The number of benzene rings is 1. The van der Waals surface area contributed by atoms with Crippen molar-refractivity contribution in [3.05, 3.63) is 18.2 Å². The number of hydrogen-bond acceptors (Lipinski definition) is 4. The van der Waals surface area contributed by atoms with E-state index < -0.39 is 0 Å². The maximum Gasteiger partial charge on any atom is 0.235 e. The summed E-state index contributed by atoms with van der Waals surface area (Å²) in [5, 5.41) is 0. The number of anilines is 2. The molecule has 0 saturated heterocycles. The number of nitrogen functional groups attached to an aromatic ring is 1. The SMILES string of the molecule is COc1ccc(NNC(C)=O)c(N)c1. The van der Waals surface area contributed by atoms with Crippen molar-refractivity contribution in [3.63, 3.8) is 0 Å². The normalized spacial score (nSPS) is 9.29. The molecule has 0 saturated carbocycles. The Bertz CT molecular complexity index is 339. The lowest BCUT2D eigenvalue weighted by atomic mass is 10.2. The molecule has 0 aliphatic carbocycles. The van der Waals surface area contributed by atoms with E-state index in [-0.39, 0.29) is 5.91 Å². The van der Waals surface area contributed by atoms with Gasteiger partial charge in [-0.05, 0) is 12.1 Å². The number of methoxy groups -OCH3 is 1. The Morgan fingerprint density at radius 1 is 1.50 bits per heavy atom. The van der Waals surface area contributed by atoms with Crippen LogP contribution in [0.4, 0.5) is 11.4 Å². The fourth-order valence-corrected chi connectivity index (χ4v) is 0.937. The number of hydrazine groups is 1. The van der Waals surface area contributed by atoms with Gasteiger partial charge in [-0.2, -0.15) is 0 Å². The quantitative estimate of drug-likeness (QED) is 0.491. The molecule has 5 nitrogen and oxygen atoms in total. The van der Waals surface area contributed by atoms with E-state index in [0.29, 0.717) is 17.1 Å². The highest BCUT2D eigenvalue weighted by atomic mass is 16.5. The Labute approximate surface area is 82.2 Å². The Balaban J connectivity index is 2.73. The third-order valence-corrected chi connectivity index (χ3v) is 1.63. The minimum absolute atomic E-state index is 0.180. The first-order valence-corrected chi connectivity index (χ1v) is 4.09. The molecular formula is C9H13N3O2. The molecule has 1 aromatic rings. The number of ether oxygens (including phenoxy) is 1. The minimum atomic E-state index is -0.180. The summed E-state index contributed by atoms with van der Waals surface area (Å²) in [7, 11) is 1.57. The molecule has 0 aliphatic heterocycles. The Morgan fingerprint density at radius 3 is 2.71 bits per heavy atom. The summed E-state index contributed by atoms with van der Waals surface area (Å²) in [6, 6.07) is 5.15. The van der Waals surface area contributed by atoms with Crippen molar-refractivity contribution in [3.8, 4) is 5.75 Å². The van der Waals surface area contributed by atoms with Gasteiger partial charge in [0.05, 0.1) is 18.5 Å². The van der Waals surface area contributed by atoms with Gasteiger partial charge in [-0.15, -0.1) is 0 Å². The molecule has 0 aliphatic rings. The molecule has 76 valence electrons. The highest BCUT2D eigenvalue weighted by molar-refractivity contribution is 5.76. The molecule has 14 heavy (non-hydrogen) atoms. The second-order valence-corrected chi connectivity index (χ2v) is 2.76. The largest absolute Gasteiger partial charge is 0.497 e. The summed E-state index contributed by atoms with van der Waals surface area (Å²) < 4.78 is 4.98. The molecular weight excluding hydrogens is 182 g/mol. The molecule has 0 aromatic heterocycles. The van der Waals surface area contributed by atoms with E-state index in [9.17, 15) is 4.79 Å². The fraction of sp³-hybridized carbons (Fsp3) is 0.222. The third kappa shape index (κ3) is 2.55. The monoisotopic (exact) mass is 195 g/mol. The van der Waals surface area contributed by atoms with Gasteiger partial charge in [0.15, 0.2) is 0 Å². The number of nitrogens with one attached hydrogen (secondary N) is 2. The fourth-order valence-electron chi connectivity index (χ4n) is 0.937. The van der Waals surface area contributed by atoms with Crippen molar-refractivity contribution in [2.75, 3.05) is 18.3 Å². The first-order chi connectivity index (χ1) is 6.63. The molecule has 5 heteroatoms. The molecule has 0 radical (unpaired) electrons. The standard InChI is InChI=1S/C9H13N3O2/c1-6(13)11-12-9-4-3-7(14-2)5-8(9)10/h3-5,12H,10H2,1-2H3,(H,11,13). The Hall–Kier alpha value is -1.91. The average Bonchev–Trinajstić information content (AvgIpc) is 2.15. The van der Waals surface area contributed by atoms with Crippen LogP contribution >= 0.6 is 0 Å². The zero-order valence-corrected chi connectivity index (χ0v) is 8.13. The number of rotatable bonds is 3. The van der Waals surface area contributed by atoms with Crippen LogP contribution in [0.2, 0.25) is 0 Å². The van der Waals surface area contributed by atoms with E-state index in [2.05, 4.69) is 10.9 Å². The zero-order chi connectivity index (χ0) is 10.6. The molecule has 4 N–H and O–H groups in total. The van der Waals surface area contributed by atoms with Crippen molar-refractivity contribution < 1.29 is 9.53 Å². The van der Waals surface area contributed by atoms with Gasteiger partial charge in [-0.25, -0.2) is 0 Å². The van der Waals surface area contributed by atoms with E-state index in [1.165, 1.54) is 6.92 Å². The van der Waals surface area contributed by atoms with Gasteiger partial charge in [0.2, 0.25) is 5.91 Å². The maximum atomic E-state index is 10.6. The average molecular weight is 195 g/mol. The summed E-state index contributed by atoms with van der Waals surface area (Å²) in [5.41, 5.74) is 12.0. The van der Waals surface area contributed by atoms with Crippen LogP contribution in [0.1, 0.15) is 6.92 Å².